The van der Waals surface area contributed by atoms with Crippen molar-refractivity contribution in [3.63, 3.8) is 0 Å². The summed E-state index contributed by atoms with van der Waals surface area (Å²) in [5.41, 5.74) is 8.25. The van der Waals surface area contributed by atoms with E-state index in [1.165, 1.54) is 28.2 Å². The van der Waals surface area contributed by atoms with Crippen molar-refractivity contribution in [2.75, 3.05) is 6.54 Å². The molecule has 1 aromatic heterocycles. The summed E-state index contributed by atoms with van der Waals surface area (Å²) in [6, 6.07) is 19.9. The fourth-order valence-corrected chi connectivity index (χ4v) is 5.35. The summed E-state index contributed by atoms with van der Waals surface area (Å²) in [6.45, 7) is 1.40. The molecule has 6 nitrogen and oxygen atoms in total. The number of aromatic nitrogens is 1. The lowest BCUT2D eigenvalue weighted by Gasteiger charge is -2.30. The number of nitrogens with zero attached hydrogens (tertiary/aromatic N) is 1. The maximum absolute atomic E-state index is 11.3. The molecule has 0 spiro atoms. The third kappa shape index (κ3) is 5.16. The van der Waals surface area contributed by atoms with Crippen LogP contribution in [-0.4, -0.2) is 32.6 Å². The second-order valence-electron chi connectivity index (χ2n) is 9.18. The first-order valence-corrected chi connectivity index (χ1v) is 12.4. The van der Waals surface area contributed by atoms with E-state index in [2.05, 4.69) is 46.4 Å². The van der Waals surface area contributed by atoms with Crippen molar-refractivity contribution < 1.29 is 15.1 Å². The molecule has 1 amide bonds. The van der Waals surface area contributed by atoms with Gasteiger partial charge in [0, 0.05) is 52.9 Å². The van der Waals surface area contributed by atoms with Crippen LogP contribution in [0.4, 0.5) is 0 Å². The van der Waals surface area contributed by atoms with Crippen LogP contribution in [0.25, 0.3) is 17.0 Å². The van der Waals surface area contributed by atoms with Gasteiger partial charge in [-0.3, -0.25) is 14.9 Å². The molecule has 4 N–H and O–H groups in total. The van der Waals surface area contributed by atoms with Crippen LogP contribution in [0.5, 0.6) is 5.75 Å². The molecule has 1 aliphatic carbocycles. The lowest BCUT2D eigenvalue weighted by atomic mass is 10.0. The number of para-hydroxylation sites is 1. The Morgan fingerprint density at radius 1 is 1.14 bits per heavy atom. The summed E-state index contributed by atoms with van der Waals surface area (Å²) in [6.07, 6.45) is 7.85. The van der Waals surface area contributed by atoms with Gasteiger partial charge in [-0.2, -0.15) is 0 Å². The van der Waals surface area contributed by atoms with Gasteiger partial charge >= 0.3 is 0 Å². The van der Waals surface area contributed by atoms with Crippen LogP contribution in [0.15, 0.2) is 72.9 Å². The lowest BCUT2D eigenvalue weighted by molar-refractivity contribution is -0.124. The molecule has 1 aliphatic rings. The molecule has 0 bridgehead atoms. The van der Waals surface area contributed by atoms with Crippen molar-refractivity contribution in [1.29, 1.82) is 0 Å². The van der Waals surface area contributed by atoms with E-state index in [4.69, 9.17) is 16.8 Å². The number of phenols is 1. The fraction of sp³-hybridized carbons (Fsp3) is 0.207. The molecular weight excluding hydrogens is 474 g/mol. The number of nitrogens with one attached hydrogen (secondary N) is 2. The normalized spacial score (nSPS) is 15.1. The van der Waals surface area contributed by atoms with Crippen molar-refractivity contribution in [2.45, 2.75) is 31.8 Å². The van der Waals surface area contributed by atoms with E-state index in [0.29, 0.717) is 11.6 Å². The van der Waals surface area contributed by atoms with Gasteiger partial charge in [-0.05, 0) is 71.9 Å². The first-order valence-electron chi connectivity index (χ1n) is 12.0. The van der Waals surface area contributed by atoms with Gasteiger partial charge in [0.25, 0.3) is 5.91 Å². The van der Waals surface area contributed by atoms with E-state index in [1.54, 1.807) is 23.7 Å². The van der Waals surface area contributed by atoms with Crippen LogP contribution in [0.2, 0.25) is 5.02 Å². The summed E-state index contributed by atoms with van der Waals surface area (Å²) in [7, 11) is 0. The number of halogens is 1. The predicted octanol–water partition coefficient (Wildman–Crippen LogP) is 5.78. The van der Waals surface area contributed by atoms with E-state index in [0.717, 1.165) is 42.5 Å². The second kappa shape index (κ2) is 10.6. The molecule has 3 aromatic carbocycles. The molecule has 1 atom stereocenters. The minimum atomic E-state index is -0.557. The van der Waals surface area contributed by atoms with Crippen LogP contribution >= 0.6 is 11.6 Å². The first kappa shape index (κ1) is 24.1. The Bertz CT molecular complexity index is 1430. The number of carbonyl (C=O) groups excluding carboxylic acids is 1. The van der Waals surface area contributed by atoms with Crippen molar-refractivity contribution >= 4 is 34.5 Å². The topological polar surface area (TPSA) is 88.6 Å². The number of hydrogen-bond donors (Lipinski definition) is 4. The van der Waals surface area contributed by atoms with E-state index in [9.17, 15) is 9.90 Å². The van der Waals surface area contributed by atoms with Gasteiger partial charge in [-0.25, -0.2) is 5.48 Å². The summed E-state index contributed by atoms with van der Waals surface area (Å²) in [4.78, 5) is 17.1. The average Bonchev–Trinajstić information content (AvgIpc) is 3.51. The molecular formula is C29H28ClN3O3. The molecule has 0 radical (unpaired) electrons. The van der Waals surface area contributed by atoms with Crippen LogP contribution in [0.1, 0.15) is 40.3 Å². The first-order chi connectivity index (χ1) is 17.5. The summed E-state index contributed by atoms with van der Waals surface area (Å²) in [5.74, 6) is -0.310. The molecule has 0 fully saturated rings. The number of fused-ring (bicyclic) bond motifs is 2. The van der Waals surface area contributed by atoms with Crippen molar-refractivity contribution in [1.82, 2.24) is 15.4 Å². The number of hydroxylamine groups is 1. The Morgan fingerprint density at radius 3 is 2.86 bits per heavy atom. The van der Waals surface area contributed by atoms with Gasteiger partial charge in [0.15, 0.2) is 0 Å². The molecule has 0 saturated carbocycles. The van der Waals surface area contributed by atoms with Gasteiger partial charge in [0.1, 0.15) is 5.75 Å². The van der Waals surface area contributed by atoms with Crippen molar-refractivity contribution in [3.05, 3.63) is 106 Å². The number of phenolic OH excluding ortho intramolecular Hbond substituents is 1. The van der Waals surface area contributed by atoms with Crippen LogP contribution in [0.3, 0.4) is 0 Å². The van der Waals surface area contributed by atoms with Crippen molar-refractivity contribution in [2.24, 2.45) is 0 Å². The SMILES string of the molecule is O=C(/C=C/c1ccc2c(c1)CCC2N(CCc1c[nH]c2ccccc12)Cc1cc(Cl)ccc1O)NO. The van der Waals surface area contributed by atoms with Gasteiger partial charge < -0.3 is 10.1 Å². The molecule has 36 heavy (non-hydrogen) atoms. The standard InChI is InChI=1S/C29H28ClN3O3/c30-23-8-11-28(34)22(16-23)18-33(14-13-21-17-31-26-4-2-1-3-24(21)26)27-10-7-20-15-19(5-9-25(20)27)6-12-29(35)32-36/h1-6,8-9,11-12,15-17,27,31,34,36H,7,10,13-14,18H2,(H,32,35)/b12-6+. The Labute approximate surface area is 214 Å². The highest BCUT2D eigenvalue weighted by molar-refractivity contribution is 6.30. The molecule has 1 unspecified atom stereocenters. The minimum Gasteiger partial charge on any atom is -0.508 e. The molecule has 5 rings (SSSR count). The Morgan fingerprint density at radius 2 is 2.00 bits per heavy atom. The van der Waals surface area contributed by atoms with Gasteiger partial charge in [-0.15, -0.1) is 0 Å². The quantitative estimate of drug-likeness (QED) is 0.140. The number of carbonyl (C=O) groups is 1. The third-order valence-electron chi connectivity index (χ3n) is 6.95. The summed E-state index contributed by atoms with van der Waals surface area (Å²) in [5, 5.41) is 21.1. The maximum atomic E-state index is 11.3. The van der Waals surface area contributed by atoms with Gasteiger partial charge in [-0.1, -0.05) is 48.0 Å². The van der Waals surface area contributed by atoms with E-state index in [-0.39, 0.29) is 11.8 Å². The predicted molar refractivity (Wildman–Crippen MR) is 142 cm³/mol. The van der Waals surface area contributed by atoms with Gasteiger partial charge in [0.2, 0.25) is 0 Å². The molecule has 0 saturated heterocycles. The Kier molecular flexibility index (Phi) is 7.09. The number of H-pyrrole nitrogens is 1. The zero-order valence-corrected chi connectivity index (χ0v) is 20.5. The summed E-state index contributed by atoms with van der Waals surface area (Å²) >= 11 is 6.26. The number of benzene rings is 3. The van der Waals surface area contributed by atoms with Gasteiger partial charge in [0.05, 0.1) is 0 Å². The Balaban J connectivity index is 1.42. The molecule has 7 heteroatoms. The Hall–Kier alpha value is -3.58. The number of hydrogen-bond acceptors (Lipinski definition) is 4. The van der Waals surface area contributed by atoms with Crippen LogP contribution < -0.4 is 5.48 Å². The monoisotopic (exact) mass is 501 g/mol. The third-order valence-corrected chi connectivity index (χ3v) is 7.18. The number of aryl methyl sites for hydroxylation is 1. The minimum absolute atomic E-state index is 0.197. The number of aromatic hydroxyl groups is 1. The number of rotatable bonds is 8. The van der Waals surface area contributed by atoms with Crippen LogP contribution in [0, 0.1) is 0 Å². The highest BCUT2D eigenvalue weighted by Crippen LogP contribution is 2.38. The van der Waals surface area contributed by atoms with E-state index in [1.807, 2.05) is 18.2 Å². The number of amides is 1. The second-order valence-corrected chi connectivity index (χ2v) is 9.61. The highest BCUT2D eigenvalue weighted by Gasteiger charge is 2.28. The maximum Gasteiger partial charge on any atom is 0.267 e. The molecule has 4 aromatic rings. The van der Waals surface area contributed by atoms with E-state index < -0.39 is 5.91 Å². The smallest absolute Gasteiger partial charge is 0.267 e. The fourth-order valence-electron chi connectivity index (χ4n) is 5.15. The van der Waals surface area contributed by atoms with E-state index >= 15 is 0 Å². The average molecular weight is 502 g/mol. The molecule has 1 heterocycles. The zero-order valence-electron chi connectivity index (χ0n) is 19.7. The number of aromatic amines is 1. The molecule has 0 aliphatic heterocycles. The van der Waals surface area contributed by atoms with Crippen molar-refractivity contribution in [3.8, 4) is 5.75 Å². The largest absolute Gasteiger partial charge is 0.508 e. The zero-order chi connectivity index (χ0) is 25.1. The lowest BCUT2D eigenvalue weighted by Crippen LogP contribution is -2.29. The highest BCUT2D eigenvalue weighted by atomic mass is 35.5. The van der Waals surface area contributed by atoms with Crippen LogP contribution in [-0.2, 0) is 24.2 Å². The summed E-state index contributed by atoms with van der Waals surface area (Å²) < 4.78 is 0. The molecule has 184 valence electrons.